The summed E-state index contributed by atoms with van der Waals surface area (Å²) in [6.45, 7) is 4.41. The van der Waals surface area contributed by atoms with Crippen LogP contribution in [0.25, 0.3) is 0 Å². The van der Waals surface area contributed by atoms with Gasteiger partial charge in [-0.15, -0.1) is 0 Å². The molecule has 3 rings (SSSR count). The monoisotopic (exact) mass is 243 g/mol. The molecule has 0 bridgehead atoms. The van der Waals surface area contributed by atoms with Crippen molar-refractivity contribution >= 4 is 0 Å². The van der Waals surface area contributed by atoms with Crippen molar-refractivity contribution < 1.29 is 0 Å². The fourth-order valence-corrected chi connectivity index (χ4v) is 3.26. The van der Waals surface area contributed by atoms with Gasteiger partial charge in [-0.2, -0.15) is 10.4 Å². The minimum absolute atomic E-state index is 0.437. The summed E-state index contributed by atoms with van der Waals surface area (Å²) < 4.78 is 2.23. The second-order valence-electron chi connectivity index (χ2n) is 6.01. The van der Waals surface area contributed by atoms with Crippen LogP contribution in [0.3, 0.4) is 0 Å². The summed E-state index contributed by atoms with van der Waals surface area (Å²) in [6.07, 6.45) is 6.78. The lowest BCUT2D eigenvalue weighted by Gasteiger charge is -2.23. The van der Waals surface area contributed by atoms with Crippen molar-refractivity contribution in [1.82, 2.24) is 9.78 Å². The van der Waals surface area contributed by atoms with Crippen LogP contribution in [0.2, 0.25) is 0 Å². The zero-order valence-corrected chi connectivity index (χ0v) is 11.3. The van der Waals surface area contributed by atoms with Gasteiger partial charge in [0.2, 0.25) is 0 Å². The first-order valence-electron chi connectivity index (χ1n) is 7.20. The van der Waals surface area contributed by atoms with Gasteiger partial charge in [-0.3, -0.25) is 4.68 Å². The third-order valence-corrected chi connectivity index (χ3v) is 4.24. The van der Waals surface area contributed by atoms with Gasteiger partial charge < -0.3 is 0 Å². The topological polar surface area (TPSA) is 41.6 Å². The van der Waals surface area contributed by atoms with E-state index in [9.17, 15) is 0 Å². The Morgan fingerprint density at radius 3 is 2.78 bits per heavy atom. The van der Waals surface area contributed by atoms with E-state index in [2.05, 4.69) is 24.6 Å². The van der Waals surface area contributed by atoms with Gasteiger partial charge in [-0.25, -0.2) is 0 Å². The predicted octanol–water partition coefficient (Wildman–Crippen LogP) is 3.67. The zero-order chi connectivity index (χ0) is 12.7. The van der Waals surface area contributed by atoms with E-state index in [-0.39, 0.29) is 0 Å². The molecule has 0 aliphatic heterocycles. The van der Waals surface area contributed by atoms with Gasteiger partial charge in [0.1, 0.15) is 0 Å². The first kappa shape index (κ1) is 11.8. The van der Waals surface area contributed by atoms with Crippen molar-refractivity contribution in [2.45, 2.75) is 70.3 Å². The Morgan fingerprint density at radius 1 is 1.39 bits per heavy atom. The normalized spacial score (nSPS) is 22.9. The van der Waals surface area contributed by atoms with Gasteiger partial charge in [0.05, 0.1) is 11.8 Å². The first-order valence-corrected chi connectivity index (χ1v) is 7.20. The summed E-state index contributed by atoms with van der Waals surface area (Å²) >= 11 is 0. The molecule has 1 aromatic heterocycles. The summed E-state index contributed by atoms with van der Waals surface area (Å²) in [7, 11) is 0. The first-order chi connectivity index (χ1) is 8.72. The van der Waals surface area contributed by atoms with Crippen LogP contribution in [0, 0.1) is 11.3 Å². The van der Waals surface area contributed by atoms with Crippen molar-refractivity contribution in [1.29, 1.82) is 5.26 Å². The van der Waals surface area contributed by atoms with E-state index in [0.29, 0.717) is 24.3 Å². The van der Waals surface area contributed by atoms with Gasteiger partial charge >= 0.3 is 0 Å². The molecular weight excluding hydrogens is 222 g/mol. The van der Waals surface area contributed by atoms with Gasteiger partial charge in [0.25, 0.3) is 0 Å². The fourth-order valence-electron chi connectivity index (χ4n) is 3.26. The van der Waals surface area contributed by atoms with E-state index in [1.54, 1.807) is 0 Å². The molecule has 2 aliphatic rings. The van der Waals surface area contributed by atoms with E-state index in [0.717, 1.165) is 6.42 Å². The highest BCUT2D eigenvalue weighted by Gasteiger charge is 2.36. The SMILES string of the molecule is CC(C)n1nc(C2CC2)c2c1CCCC2CC#N. The molecule has 0 radical (unpaired) electrons. The maximum Gasteiger partial charge on any atom is 0.0693 e. The summed E-state index contributed by atoms with van der Waals surface area (Å²) in [5.74, 6) is 1.14. The van der Waals surface area contributed by atoms with E-state index in [4.69, 9.17) is 10.4 Å². The highest BCUT2D eigenvalue weighted by atomic mass is 15.3. The summed E-state index contributed by atoms with van der Waals surface area (Å²) in [5.41, 5.74) is 4.22. The minimum atomic E-state index is 0.437. The van der Waals surface area contributed by atoms with Gasteiger partial charge in [-0.1, -0.05) is 0 Å². The Hall–Kier alpha value is -1.30. The summed E-state index contributed by atoms with van der Waals surface area (Å²) in [5, 5.41) is 13.9. The van der Waals surface area contributed by atoms with Crippen LogP contribution in [-0.4, -0.2) is 9.78 Å². The fraction of sp³-hybridized carbons (Fsp3) is 0.733. The molecule has 96 valence electrons. The van der Waals surface area contributed by atoms with Crippen molar-refractivity contribution in [2.24, 2.45) is 0 Å². The van der Waals surface area contributed by atoms with E-state index >= 15 is 0 Å². The van der Waals surface area contributed by atoms with Crippen molar-refractivity contribution in [3.05, 3.63) is 17.0 Å². The van der Waals surface area contributed by atoms with Gasteiger partial charge in [-0.05, 0) is 46.0 Å². The molecule has 1 aromatic rings. The lowest BCUT2D eigenvalue weighted by molar-refractivity contribution is 0.477. The highest BCUT2D eigenvalue weighted by Crippen LogP contribution is 2.47. The lowest BCUT2D eigenvalue weighted by Crippen LogP contribution is -2.14. The van der Waals surface area contributed by atoms with Crippen LogP contribution >= 0.6 is 0 Å². The molecule has 1 atom stereocenters. The molecule has 0 spiro atoms. The molecule has 2 aliphatic carbocycles. The Balaban J connectivity index is 2.08. The molecule has 1 fully saturated rings. The van der Waals surface area contributed by atoms with Crippen LogP contribution in [0.15, 0.2) is 0 Å². The Kier molecular flexibility index (Phi) is 2.89. The number of nitriles is 1. The van der Waals surface area contributed by atoms with Gasteiger partial charge in [0, 0.05) is 35.6 Å². The molecule has 0 amide bonds. The average molecular weight is 243 g/mol. The number of nitrogens with zero attached hydrogens (tertiary/aromatic N) is 3. The summed E-state index contributed by atoms with van der Waals surface area (Å²) in [4.78, 5) is 0. The van der Waals surface area contributed by atoms with E-state index in [1.165, 1.54) is 42.6 Å². The molecular formula is C15H21N3. The van der Waals surface area contributed by atoms with Crippen molar-refractivity contribution in [3.63, 3.8) is 0 Å². The van der Waals surface area contributed by atoms with Crippen LogP contribution in [0.4, 0.5) is 0 Å². The van der Waals surface area contributed by atoms with Crippen molar-refractivity contribution in [3.8, 4) is 6.07 Å². The van der Waals surface area contributed by atoms with Crippen LogP contribution in [0.5, 0.6) is 0 Å². The third-order valence-electron chi connectivity index (χ3n) is 4.24. The smallest absolute Gasteiger partial charge is 0.0693 e. The van der Waals surface area contributed by atoms with E-state index < -0.39 is 0 Å². The molecule has 1 heterocycles. The highest BCUT2D eigenvalue weighted by molar-refractivity contribution is 5.37. The Morgan fingerprint density at radius 2 is 2.17 bits per heavy atom. The lowest BCUT2D eigenvalue weighted by atomic mass is 9.82. The second-order valence-corrected chi connectivity index (χ2v) is 6.01. The number of hydrogen-bond acceptors (Lipinski definition) is 2. The third kappa shape index (κ3) is 1.84. The molecule has 0 saturated heterocycles. The maximum atomic E-state index is 9.03. The molecule has 3 nitrogen and oxygen atoms in total. The average Bonchev–Trinajstić information content (AvgIpc) is 3.10. The number of aromatic nitrogens is 2. The maximum absolute atomic E-state index is 9.03. The number of hydrogen-bond donors (Lipinski definition) is 0. The Labute approximate surface area is 109 Å². The van der Waals surface area contributed by atoms with Crippen LogP contribution in [-0.2, 0) is 6.42 Å². The molecule has 3 heteroatoms. The second kappa shape index (κ2) is 4.42. The van der Waals surface area contributed by atoms with E-state index in [1.807, 2.05) is 0 Å². The molecule has 1 saturated carbocycles. The van der Waals surface area contributed by atoms with Crippen LogP contribution in [0.1, 0.15) is 80.8 Å². The zero-order valence-electron chi connectivity index (χ0n) is 11.3. The summed E-state index contributed by atoms with van der Waals surface area (Å²) in [6, 6.07) is 2.80. The van der Waals surface area contributed by atoms with Crippen LogP contribution < -0.4 is 0 Å². The standard InChI is InChI=1S/C15H21N3/c1-10(2)18-13-5-3-4-11(8-9-16)14(13)15(17-18)12-6-7-12/h10-12H,3-8H2,1-2H3. The molecule has 0 aromatic carbocycles. The molecule has 1 unspecified atom stereocenters. The predicted molar refractivity (Wildman–Crippen MR) is 70.5 cm³/mol. The quantitative estimate of drug-likeness (QED) is 0.812. The molecule has 18 heavy (non-hydrogen) atoms. The number of fused-ring (bicyclic) bond motifs is 1. The van der Waals surface area contributed by atoms with Gasteiger partial charge in [0.15, 0.2) is 0 Å². The molecule has 0 N–H and O–H groups in total. The minimum Gasteiger partial charge on any atom is -0.267 e. The largest absolute Gasteiger partial charge is 0.267 e. The van der Waals surface area contributed by atoms with Crippen molar-refractivity contribution in [2.75, 3.05) is 0 Å². The Bertz CT molecular complexity index is 489. The number of rotatable bonds is 3.